The van der Waals surface area contributed by atoms with Crippen molar-refractivity contribution in [2.75, 3.05) is 18.4 Å². The van der Waals surface area contributed by atoms with Gasteiger partial charge in [-0.25, -0.2) is 4.39 Å². The number of halogens is 2. The second-order valence-corrected chi connectivity index (χ2v) is 6.95. The SMILES string of the molecule is Cc1ccc(NC(=O)[C@@H]2CCCN(C(=O)c3ccccc3F)C2)c(Cl)c1. The Balaban J connectivity index is 1.69. The predicted molar refractivity (Wildman–Crippen MR) is 99.8 cm³/mol. The fourth-order valence-corrected chi connectivity index (χ4v) is 3.42. The number of carbonyl (C=O) groups excluding carboxylic acids is 2. The van der Waals surface area contributed by atoms with E-state index in [1.54, 1.807) is 29.2 Å². The van der Waals surface area contributed by atoms with Gasteiger partial charge in [0.05, 0.1) is 22.2 Å². The van der Waals surface area contributed by atoms with Gasteiger partial charge in [-0.15, -0.1) is 0 Å². The fourth-order valence-electron chi connectivity index (χ4n) is 3.14. The molecule has 0 aliphatic carbocycles. The summed E-state index contributed by atoms with van der Waals surface area (Å²) in [6.45, 7) is 2.70. The first-order valence-electron chi connectivity index (χ1n) is 8.56. The zero-order valence-electron chi connectivity index (χ0n) is 14.5. The molecule has 0 aromatic heterocycles. The number of hydrogen-bond acceptors (Lipinski definition) is 2. The molecule has 2 aromatic carbocycles. The Hall–Kier alpha value is -2.40. The quantitative estimate of drug-likeness (QED) is 0.871. The second kappa shape index (κ2) is 7.87. The molecule has 1 atom stereocenters. The minimum absolute atomic E-state index is 0.0372. The molecule has 0 spiro atoms. The third-order valence-corrected chi connectivity index (χ3v) is 4.88. The lowest BCUT2D eigenvalue weighted by atomic mass is 9.96. The van der Waals surface area contributed by atoms with E-state index >= 15 is 0 Å². The van der Waals surface area contributed by atoms with Gasteiger partial charge in [-0.2, -0.15) is 0 Å². The number of anilines is 1. The number of likely N-dealkylation sites (tertiary alicyclic amines) is 1. The van der Waals surface area contributed by atoms with Gasteiger partial charge in [0.15, 0.2) is 0 Å². The Kier molecular flexibility index (Phi) is 5.57. The zero-order chi connectivity index (χ0) is 18.7. The van der Waals surface area contributed by atoms with E-state index in [0.29, 0.717) is 30.1 Å². The van der Waals surface area contributed by atoms with Gasteiger partial charge in [0, 0.05) is 13.1 Å². The van der Waals surface area contributed by atoms with Gasteiger partial charge < -0.3 is 10.2 Å². The van der Waals surface area contributed by atoms with Crippen molar-refractivity contribution in [1.82, 2.24) is 4.90 Å². The molecule has 0 radical (unpaired) electrons. The van der Waals surface area contributed by atoms with Gasteiger partial charge in [0.2, 0.25) is 5.91 Å². The predicted octanol–water partition coefficient (Wildman–Crippen LogP) is 4.28. The average molecular weight is 375 g/mol. The molecule has 4 nitrogen and oxygen atoms in total. The summed E-state index contributed by atoms with van der Waals surface area (Å²) in [6.07, 6.45) is 1.37. The molecule has 0 saturated carbocycles. The third-order valence-electron chi connectivity index (χ3n) is 4.57. The van der Waals surface area contributed by atoms with E-state index in [-0.39, 0.29) is 29.8 Å². The standard InChI is InChI=1S/C20H20ClFN2O2/c1-13-8-9-18(16(21)11-13)23-19(25)14-5-4-10-24(12-14)20(26)15-6-2-3-7-17(15)22/h2-3,6-9,11,14H,4-5,10,12H2,1H3,(H,23,25)/t14-/m1/s1. The summed E-state index contributed by atoms with van der Waals surface area (Å²) in [7, 11) is 0. The minimum Gasteiger partial charge on any atom is -0.338 e. The van der Waals surface area contributed by atoms with Crippen LogP contribution in [0.2, 0.25) is 5.02 Å². The molecule has 0 bridgehead atoms. The van der Waals surface area contributed by atoms with Crippen molar-refractivity contribution in [2.24, 2.45) is 5.92 Å². The van der Waals surface area contributed by atoms with Crippen LogP contribution in [0, 0.1) is 18.7 Å². The Labute approximate surface area is 157 Å². The summed E-state index contributed by atoms with van der Waals surface area (Å²) in [5.74, 6) is -1.46. The van der Waals surface area contributed by atoms with Crippen molar-refractivity contribution in [3.63, 3.8) is 0 Å². The van der Waals surface area contributed by atoms with Crippen LogP contribution >= 0.6 is 11.6 Å². The number of hydrogen-bond donors (Lipinski definition) is 1. The summed E-state index contributed by atoms with van der Waals surface area (Å²) in [4.78, 5) is 26.7. The van der Waals surface area contributed by atoms with E-state index in [1.807, 2.05) is 13.0 Å². The molecule has 2 amide bonds. The Morgan fingerprint density at radius 1 is 1.23 bits per heavy atom. The van der Waals surface area contributed by atoms with Gasteiger partial charge in [0.25, 0.3) is 5.91 Å². The van der Waals surface area contributed by atoms with E-state index in [9.17, 15) is 14.0 Å². The Morgan fingerprint density at radius 2 is 2.00 bits per heavy atom. The number of amides is 2. The normalized spacial score (nSPS) is 17.0. The smallest absolute Gasteiger partial charge is 0.256 e. The Morgan fingerprint density at radius 3 is 2.73 bits per heavy atom. The number of benzene rings is 2. The number of carbonyl (C=O) groups is 2. The van der Waals surface area contributed by atoms with Crippen LogP contribution in [0.4, 0.5) is 10.1 Å². The van der Waals surface area contributed by atoms with Crippen LogP contribution in [0.3, 0.4) is 0 Å². The molecule has 1 saturated heterocycles. The maximum Gasteiger partial charge on any atom is 0.256 e. The molecule has 26 heavy (non-hydrogen) atoms. The third kappa shape index (κ3) is 4.05. The number of piperidine rings is 1. The van der Waals surface area contributed by atoms with Crippen molar-refractivity contribution in [3.05, 3.63) is 64.4 Å². The molecule has 1 heterocycles. The summed E-state index contributed by atoms with van der Waals surface area (Å²) in [5, 5.41) is 3.31. The van der Waals surface area contributed by atoms with Gasteiger partial charge in [-0.05, 0) is 49.6 Å². The topological polar surface area (TPSA) is 49.4 Å². The highest BCUT2D eigenvalue weighted by Gasteiger charge is 2.30. The number of aryl methyl sites for hydroxylation is 1. The van der Waals surface area contributed by atoms with Crippen LogP contribution in [0.1, 0.15) is 28.8 Å². The first kappa shape index (κ1) is 18.4. The van der Waals surface area contributed by atoms with Crippen LogP contribution in [0.5, 0.6) is 0 Å². The molecule has 2 aromatic rings. The average Bonchev–Trinajstić information content (AvgIpc) is 2.64. The minimum atomic E-state index is -0.546. The van der Waals surface area contributed by atoms with Gasteiger partial charge >= 0.3 is 0 Å². The molecule has 136 valence electrons. The molecule has 6 heteroatoms. The summed E-state index contributed by atoms with van der Waals surface area (Å²) in [6, 6.07) is 11.3. The van der Waals surface area contributed by atoms with E-state index < -0.39 is 5.82 Å². The van der Waals surface area contributed by atoms with E-state index in [2.05, 4.69) is 5.32 Å². The van der Waals surface area contributed by atoms with E-state index in [1.165, 1.54) is 12.1 Å². The van der Waals surface area contributed by atoms with E-state index in [0.717, 1.165) is 5.56 Å². The van der Waals surface area contributed by atoms with Crippen molar-refractivity contribution in [3.8, 4) is 0 Å². The van der Waals surface area contributed by atoms with Gasteiger partial charge in [-0.1, -0.05) is 29.8 Å². The van der Waals surface area contributed by atoms with Crippen molar-refractivity contribution in [1.29, 1.82) is 0 Å². The van der Waals surface area contributed by atoms with Gasteiger partial charge in [-0.3, -0.25) is 9.59 Å². The largest absolute Gasteiger partial charge is 0.338 e. The van der Waals surface area contributed by atoms with Crippen molar-refractivity contribution >= 4 is 29.1 Å². The molecule has 1 fully saturated rings. The first-order valence-corrected chi connectivity index (χ1v) is 8.94. The second-order valence-electron chi connectivity index (χ2n) is 6.54. The molecule has 1 aliphatic rings. The first-order chi connectivity index (χ1) is 12.5. The lowest BCUT2D eigenvalue weighted by molar-refractivity contribution is -0.121. The monoisotopic (exact) mass is 374 g/mol. The lowest BCUT2D eigenvalue weighted by Gasteiger charge is -2.32. The number of nitrogens with one attached hydrogen (secondary N) is 1. The molecule has 1 aliphatic heterocycles. The number of rotatable bonds is 3. The van der Waals surface area contributed by atoms with Crippen LogP contribution in [-0.2, 0) is 4.79 Å². The van der Waals surface area contributed by atoms with Crippen LogP contribution in [0.25, 0.3) is 0 Å². The highest BCUT2D eigenvalue weighted by Crippen LogP contribution is 2.25. The highest BCUT2D eigenvalue weighted by atomic mass is 35.5. The Bertz CT molecular complexity index is 840. The maximum atomic E-state index is 13.9. The summed E-state index contributed by atoms with van der Waals surface area (Å²) >= 11 is 6.17. The lowest BCUT2D eigenvalue weighted by Crippen LogP contribution is -2.44. The van der Waals surface area contributed by atoms with Crippen molar-refractivity contribution < 1.29 is 14.0 Å². The summed E-state index contributed by atoms with van der Waals surface area (Å²) in [5.41, 5.74) is 1.60. The molecule has 3 rings (SSSR count). The van der Waals surface area contributed by atoms with Crippen LogP contribution in [0.15, 0.2) is 42.5 Å². The molecule has 1 N–H and O–H groups in total. The fraction of sp³-hybridized carbons (Fsp3) is 0.300. The molecular weight excluding hydrogens is 355 g/mol. The number of nitrogens with zero attached hydrogens (tertiary/aromatic N) is 1. The maximum absolute atomic E-state index is 13.9. The van der Waals surface area contributed by atoms with Gasteiger partial charge in [0.1, 0.15) is 5.82 Å². The van der Waals surface area contributed by atoms with Crippen LogP contribution in [-0.4, -0.2) is 29.8 Å². The van der Waals surface area contributed by atoms with E-state index in [4.69, 9.17) is 11.6 Å². The molecule has 0 unspecified atom stereocenters. The summed E-state index contributed by atoms with van der Waals surface area (Å²) < 4.78 is 13.9. The molecular formula is C20H20ClFN2O2. The van der Waals surface area contributed by atoms with Crippen molar-refractivity contribution in [2.45, 2.75) is 19.8 Å². The highest BCUT2D eigenvalue weighted by molar-refractivity contribution is 6.33. The van der Waals surface area contributed by atoms with Crippen LogP contribution < -0.4 is 5.32 Å². The zero-order valence-corrected chi connectivity index (χ0v) is 15.2.